The lowest BCUT2D eigenvalue weighted by Gasteiger charge is -2.32. The Hall–Kier alpha value is -0.550. The molecule has 0 aliphatic carbocycles. The molecule has 4 heteroatoms. The number of hydrogen-bond donors (Lipinski definition) is 0. The molecule has 0 radical (unpaired) electrons. The molecular weight excluding hydrogens is 292 g/mol. The third-order valence-corrected chi connectivity index (χ3v) is 5.78. The molecule has 2 aliphatic heterocycles. The molecule has 3 rings (SSSR count). The molecule has 0 N–H and O–H groups in total. The third kappa shape index (κ3) is 4.72. The van der Waals surface area contributed by atoms with Gasteiger partial charge in [-0.15, -0.1) is 0 Å². The van der Waals surface area contributed by atoms with E-state index in [1.165, 1.54) is 42.8 Å². The van der Waals surface area contributed by atoms with Gasteiger partial charge in [0.2, 0.25) is 0 Å². The Bertz CT molecular complexity index is 462. The van der Waals surface area contributed by atoms with Crippen molar-refractivity contribution in [1.82, 2.24) is 9.21 Å². The fourth-order valence-corrected chi connectivity index (χ4v) is 4.35. The van der Waals surface area contributed by atoms with Crippen molar-refractivity contribution in [3.63, 3.8) is 0 Å². The number of benzene rings is 1. The third-order valence-electron chi connectivity index (χ3n) is 4.69. The van der Waals surface area contributed by atoms with E-state index in [1.807, 2.05) is 11.9 Å². The van der Waals surface area contributed by atoms with Crippen LogP contribution < -0.4 is 0 Å². The Balaban J connectivity index is 1.56. The molecule has 2 heterocycles. The zero-order valence-electron chi connectivity index (χ0n) is 13.7. The van der Waals surface area contributed by atoms with Crippen LogP contribution in [0.4, 0.5) is 0 Å². The van der Waals surface area contributed by atoms with E-state index in [9.17, 15) is 0 Å². The average Bonchev–Trinajstić information content (AvgIpc) is 2.56. The standard InChI is InChI=1S/C18H28N2OS/c1-2-16-6-4-8-19(14-16)15-17-5-3-7-18(13-17)22-20-9-11-21-12-10-20/h3,5,7,13,16H,2,4,6,8-12,14-15H2,1H3. The van der Waals surface area contributed by atoms with Gasteiger partial charge in [0.1, 0.15) is 0 Å². The SMILES string of the molecule is CCC1CCCN(Cc2cccc(SN3CCOCC3)c2)C1. The number of piperidine rings is 1. The minimum atomic E-state index is 0.860. The first-order chi connectivity index (χ1) is 10.8. The summed E-state index contributed by atoms with van der Waals surface area (Å²) in [6.45, 7) is 9.74. The first-order valence-electron chi connectivity index (χ1n) is 8.65. The van der Waals surface area contributed by atoms with Crippen LogP contribution in [0.2, 0.25) is 0 Å². The van der Waals surface area contributed by atoms with Crippen LogP contribution in [0.5, 0.6) is 0 Å². The topological polar surface area (TPSA) is 15.7 Å². The highest BCUT2D eigenvalue weighted by Crippen LogP contribution is 2.26. The smallest absolute Gasteiger partial charge is 0.0603 e. The van der Waals surface area contributed by atoms with Gasteiger partial charge in [0.05, 0.1) is 13.2 Å². The van der Waals surface area contributed by atoms with Crippen molar-refractivity contribution < 1.29 is 4.74 Å². The Morgan fingerprint density at radius 2 is 2.09 bits per heavy atom. The van der Waals surface area contributed by atoms with Crippen molar-refractivity contribution in [3.05, 3.63) is 29.8 Å². The Morgan fingerprint density at radius 1 is 1.23 bits per heavy atom. The second-order valence-electron chi connectivity index (χ2n) is 6.43. The first-order valence-corrected chi connectivity index (χ1v) is 9.43. The van der Waals surface area contributed by atoms with Crippen LogP contribution in [-0.4, -0.2) is 48.6 Å². The maximum Gasteiger partial charge on any atom is 0.0603 e. The summed E-state index contributed by atoms with van der Waals surface area (Å²) in [5.74, 6) is 0.902. The van der Waals surface area contributed by atoms with Gasteiger partial charge in [-0.05, 0) is 54.9 Å². The lowest BCUT2D eigenvalue weighted by atomic mass is 9.95. The van der Waals surface area contributed by atoms with Crippen LogP contribution in [-0.2, 0) is 11.3 Å². The van der Waals surface area contributed by atoms with Gasteiger partial charge in [0.25, 0.3) is 0 Å². The number of hydrogen-bond acceptors (Lipinski definition) is 4. The summed E-state index contributed by atoms with van der Waals surface area (Å²) in [5, 5.41) is 0. The van der Waals surface area contributed by atoms with Gasteiger partial charge < -0.3 is 4.74 Å². The summed E-state index contributed by atoms with van der Waals surface area (Å²) >= 11 is 1.88. The molecule has 0 aromatic heterocycles. The molecule has 1 atom stereocenters. The van der Waals surface area contributed by atoms with Crippen molar-refractivity contribution in [3.8, 4) is 0 Å². The van der Waals surface area contributed by atoms with Crippen molar-refractivity contribution in [2.24, 2.45) is 5.92 Å². The Morgan fingerprint density at radius 3 is 2.91 bits per heavy atom. The average molecular weight is 321 g/mol. The Kier molecular flexibility index (Phi) is 6.19. The molecule has 22 heavy (non-hydrogen) atoms. The van der Waals surface area contributed by atoms with Gasteiger partial charge in [-0.3, -0.25) is 4.90 Å². The molecule has 0 spiro atoms. The predicted molar refractivity (Wildman–Crippen MR) is 93.0 cm³/mol. The summed E-state index contributed by atoms with van der Waals surface area (Å²) in [4.78, 5) is 4.00. The van der Waals surface area contributed by atoms with Crippen LogP contribution in [0, 0.1) is 5.92 Å². The van der Waals surface area contributed by atoms with Crippen molar-refractivity contribution in [2.75, 3.05) is 39.4 Å². The molecule has 3 nitrogen and oxygen atoms in total. The van der Waals surface area contributed by atoms with E-state index in [1.54, 1.807) is 0 Å². The van der Waals surface area contributed by atoms with Gasteiger partial charge in [-0.1, -0.05) is 25.5 Å². The molecule has 1 unspecified atom stereocenters. The van der Waals surface area contributed by atoms with E-state index < -0.39 is 0 Å². The fraction of sp³-hybridized carbons (Fsp3) is 0.667. The molecule has 0 saturated carbocycles. The van der Waals surface area contributed by atoms with Crippen LogP contribution in [0.25, 0.3) is 0 Å². The summed E-state index contributed by atoms with van der Waals surface area (Å²) in [7, 11) is 0. The maximum atomic E-state index is 5.42. The van der Waals surface area contributed by atoms with Crippen LogP contribution >= 0.6 is 11.9 Å². The second kappa shape index (κ2) is 8.34. The minimum Gasteiger partial charge on any atom is -0.379 e. The first kappa shape index (κ1) is 16.3. The molecule has 0 amide bonds. The zero-order chi connectivity index (χ0) is 15.2. The second-order valence-corrected chi connectivity index (χ2v) is 7.60. The monoisotopic (exact) mass is 320 g/mol. The Labute approximate surface area is 139 Å². The summed E-state index contributed by atoms with van der Waals surface area (Å²) in [6.07, 6.45) is 4.10. The molecule has 1 aromatic carbocycles. The highest BCUT2D eigenvalue weighted by molar-refractivity contribution is 7.97. The van der Waals surface area contributed by atoms with Gasteiger partial charge in [-0.25, -0.2) is 4.31 Å². The largest absolute Gasteiger partial charge is 0.379 e. The van der Waals surface area contributed by atoms with E-state index >= 15 is 0 Å². The lowest BCUT2D eigenvalue weighted by Crippen LogP contribution is -2.34. The molecule has 0 bridgehead atoms. The van der Waals surface area contributed by atoms with Crippen molar-refractivity contribution >= 4 is 11.9 Å². The van der Waals surface area contributed by atoms with E-state index in [0.29, 0.717) is 0 Å². The van der Waals surface area contributed by atoms with Gasteiger partial charge in [-0.2, -0.15) is 0 Å². The predicted octanol–water partition coefficient (Wildman–Crippen LogP) is 3.65. The number of likely N-dealkylation sites (tertiary alicyclic amines) is 1. The number of morpholine rings is 1. The molecule has 2 fully saturated rings. The fourth-order valence-electron chi connectivity index (χ4n) is 3.37. The van der Waals surface area contributed by atoms with Gasteiger partial charge in [0, 0.05) is 31.1 Å². The van der Waals surface area contributed by atoms with Gasteiger partial charge >= 0.3 is 0 Å². The van der Waals surface area contributed by atoms with E-state index in [0.717, 1.165) is 38.8 Å². The van der Waals surface area contributed by atoms with E-state index in [2.05, 4.69) is 40.4 Å². The quantitative estimate of drug-likeness (QED) is 0.769. The summed E-state index contributed by atoms with van der Waals surface area (Å²) in [6, 6.07) is 9.09. The number of rotatable bonds is 5. The molecular formula is C18H28N2OS. The van der Waals surface area contributed by atoms with Gasteiger partial charge in [0.15, 0.2) is 0 Å². The minimum absolute atomic E-state index is 0.860. The van der Waals surface area contributed by atoms with Crippen molar-refractivity contribution in [2.45, 2.75) is 37.6 Å². The normalized spacial score (nSPS) is 24.5. The van der Waals surface area contributed by atoms with Crippen LogP contribution in [0.1, 0.15) is 31.7 Å². The zero-order valence-corrected chi connectivity index (χ0v) is 14.5. The maximum absolute atomic E-state index is 5.42. The highest BCUT2D eigenvalue weighted by Gasteiger charge is 2.18. The molecule has 122 valence electrons. The number of nitrogens with zero attached hydrogens (tertiary/aromatic N) is 2. The lowest BCUT2D eigenvalue weighted by molar-refractivity contribution is 0.0773. The van der Waals surface area contributed by atoms with E-state index in [4.69, 9.17) is 4.74 Å². The van der Waals surface area contributed by atoms with Crippen LogP contribution in [0.15, 0.2) is 29.2 Å². The molecule has 2 saturated heterocycles. The van der Waals surface area contributed by atoms with Crippen molar-refractivity contribution in [1.29, 1.82) is 0 Å². The molecule has 2 aliphatic rings. The number of ether oxygens (including phenoxy) is 1. The summed E-state index contributed by atoms with van der Waals surface area (Å²) in [5.41, 5.74) is 1.45. The summed E-state index contributed by atoms with van der Waals surface area (Å²) < 4.78 is 7.83. The van der Waals surface area contributed by atoms with E-state index in [-0.39, 0.29) is 0 Å². The highest BCUT2D eigenvalue weighted by atomic mass is 32.2. The molecule has 1 aromatic rings. The van der Waals surface area contributed by atoms with Crippen LogP contribution in [0.3, 0.4) is 0 Å².